The van der Waals surface area contributed by atoms with Crippen molar-refractivity contribution < 1.29 is 19.0 Å². The molecule has 0 amide bonds. The first kappa shape index (κ1) is 29.7. The van der Waals surface area contributed by atoms with E-state index in [2.05, 4.69) is 32.0 Å². The van der Waals surface area contributed by atoms with Gasteiger partial charge in [-0.15, -0.1) is 0 Å². The van der Waals surface area contributed by atoms with Gasteiger partial charge in [0.25, 0.3) is 0 Å². The number of aromatic nitrogens is 2. The molecule has 0 aliphatic heterocycles. The molecule has 0 bridgehead atoms. The van der Waals surface area contributed by atoms with E-state index in [0.29, 0.717) is 33.7 Å². The molecule has 3 aromatic carbocycles. The molecule has 40 heavy (non-hydrogen) atoms. The highest BCUT2D eigenvalue weighted by Crippen LogP contribution is 2.32. The van der Waals surface area contributed by atoms with Gasteiger partial charge >= 0.3 is 0 Å². The van der Waals surface area contributed by atoms with Gasteiger partial charge in [0.2, 0.25) is 5.95 Å². The number of aryl methyl sites for hydroxylation is 1. The van der Waals surface area contributed by atoms with Gasteiger partial charge in [-0.25, -0.2) is 9.97 Å². The van der Waals surface area contributed by atoms with Crippen LogP contribution in [0.5, 0.6) is 17.2 Å². The van der Waals surface area contributed by atoms with Gasteiger partial charge in [0.05, 0.1) is 19.7 Å². The van der Waals surface area contributed by atoms with Crippen LogP contribution in [0.15, 0.2) is 54.6 Å². The average molecular weight is 542 g/mol. The van der Waals surface area contributed by atoms with Crippen LogP contribution < -0.4 is 25.3 Å². The second kappa shape index (κ2) is 14.4. The van der Waals surface area contributed by atoms with Crippen LogP contribution in [0.3, 0.4) is 0 Å². The monoisotopic (exact) mass is 541 g/mol. The number of fused-ring (bicyclic) bond motifs is 1. The molecule has 208 valence electrons. The molecule has 1 heterocycles. The van der Waals surface area contributed by atoms with Crippen molar-refractivity contribution in [1.29, 1.82) is 0 Å². The molecule has 0 atom stereocenters. The van der Waals surface area contributed by atoms with Gasteiger partial charge in [0, 0.05) is 41.9 Å². The van der Waals surface area contributed by atoms with Gasteiger partial charge in [0.1, 0.15) is 24.3 Å². The number of aldehydes is 1. The first-order valence-corrected chi connectivity index (χ1v) is 12.6. The number of rotatable bonds is 8. The first-order valence-electron chi connectivity index (χ1n) is 12.6. The quantitative estimate of drug-likeness (QED) is 0.247. The highest BCUT2D eigenvalue weighted by Gasteiger charge is 2.11. The third kappa shape index (κ3) is 8.09. The SMILES string of the molecule is CNc1ccc(OCCN(C)C)cc1.COc1cc2nc(N)nc(C#Cc3cc(C=O)ccc3C)c2cc1OC. The largest absolute Gasteiger partial charge is 0.493 e. The summed E-state index contributed by atoms with van der Waals surface area (Å²) in [7, 11) is 9.09. The lowest BCUT2D eigenvalue weighted by Crippen LogP contribution is -2.19. The van der Waals surface area contributed by atoms with E-state index in [0.717, 1.165) is 42.0 Å². The van der Waals surface area contributed by atoms with Crippen molar-refractivity contribution in [3.63, 3.8) is 0 Å². The minimum atomic E-state index is 0.118. The van der Waals surface area contributed by atoms with Crippen molar-refractivity contribution in [2.24, 2.45) is 0 Å². The number of nitrogens with one attached hydrogen (secondary N) is 1. The van der Waals surface area contributed by atoms with Gasteiger partial charge in [0.15, 0.2) is 11.5 Å². The number of hydrogen-bond donors (Lipinski definition) is 2. The maximum absolute atomic E-state index is 11.0. The molecule has 0 aliphatic carbocycles. The molecular formula is C31H35N5O4. The maximum Gasteiger partial charge on any atom is 0.221 e. The Morgan fingerprint density at radius 2 is 1.68 bits per heavy atom. The summed E-state index contributed by atoms with van der Waals surface area (Å²) in [6.07, 6.45) is 0.792. The number of carbonyl (C=O) groups is 1. The maximum atomic E-state index is 11.0. The zero-order valence-electron chi connectivity index (χ0n) is 23.7. The lowest BCUT2D eigenvalue weighted by atomic mass is 10.1. The minimum Gasteiger partial charge on any atom is -0.493 e. The van der Waals surface area contributed by atoms with Crippen molar-refractivity contribution in [3.05, 3.63) is 77.0 Å². The van der Waals surface area contributed by atoms with E-state index in [1.165, 1.54) is 0 Å². The summed E-state index contributed by atoms with van der Waals surface area (Å²) in [4.78, 5) is 21.6. The molecule has 0 saturated carbocycles. The number of nitrogens with two attached hydrogens (primary N) is 1. The molecule has 0 spiro atoms. The smallest absolute Gasteiger partial charge is 0.221 e. The summed E-state index contributed by atoms with van der Waals surface area (Å²) in [5.74, 6) is 8.23. The normalized spacial score (nSPS) is 10.2. The molecule has 9 nitrogen and oxygen atoms in total. The summed E-state index contributed by atoms with van der Waals surface area (Å²) in [5.41, 5.74) is 10.3. The molecule has 4 aromatic rings. The number of hydrogen-bond acceptors (Lipinski definition) is 9. The predicted molar refractivity (Wildman–Crippen MR) is 160 cm³/mol. The number of anilines is 2. The predicted octanol–water partition coefficient (Wildman–Crippen LogP) is 4.42. The molecule has 4 rings (SSSR count). The molecular weight excluding hydrogens is 506 g/mol. The molecule has 0 fully saturated rings. The van der Waals surface area contributed by atoms with Crippen molar-refractivity contribution in [2.75, 3.05) is 59.6 Å². The third-order valence-electron chi connectivity index (χ3n) is 5.88. The zero-order chi connectivity index (χ0) is 29.1. The van der Waals surface area contributed by atoms with Gasteiger partial charge in [-0.3, -0.25) is 4.79 Å². The van der Waals surface area contributed by atoms with Crippen LogP contribution in [0.2, 0.25) is 0 Å². The van der Waals surface area contributed by atoms with Gasteiger partial charge in [-0.1, -0.05) is 18.1 Å². The second-order valence-corrected chi connectivity index (χ2v) is 9.02. The van der Waals surface area contributed by atoms with Gasteiger partial charge < -0.3 is 30.2 Å². The Balaban J connectivity index is 0.000000267. The minimum absolute atomic E-state index is 0.118. The van der Waals surface area contributed by atoms with E-state index in [4.69, 9.17) is 19.9 Å². The van der Waals surface area contributed by atoms with E-state index < -0.39 is 0 Å². The number of benzene rings is 3. The number of nitrogen functional groups attached to an aromatic ring is 1. The molecule has 0 radical (unpaired) electrons. The van der Waals surface area contributed by atoms with Crippen LogP contribution in [0.1, 0.15) is 27.2 Å². The lowest BCUT2D eigenvalue weighted by Gasteiger charge is -2.11. The van der Waals surface area contributed by atoms with Crippen molar-refractivity contribution in [2.45, 2.75) is 6.92 Å². The Bertz CT molecular complexity index is 1510. The summed E-state index contributed by atoms with van der Waals surface area (Å²) in [6.45, 7) is 3.60. The number of nitrogens with zero attached hydrogens (tertiary/aromatic N) is 3. The molecule has 1 aromatic heterocycles. The number of methoxy groups -OCH3 is 2. The Hall–Kier alpha value is -4.81. The number of likely N-dealkylation sites (N-methyl/N-ethyl adjacent to an activating group) is 1. The van der Waals surface area contributed by atoms with E-state index in [1.807, 2.05) is 58.4 Å². The zero-order valence-corrected chi connectivity index (χ0v) is 23.7. The van der Waals surface area contributed by atoms with Gasteiger partial charge in [-0.2, -0.15) is 0 Å². The fourth-order valence-electron chi connectivity index (χ4n) is 3.61. The van der Waals surface area contributed by atoms with E-state index in [9.17, 15) is 4.79 Å². The van der Waals surface area contributed by atoms with E-state index in [1.54, 1.807) is 38.5 Å². The molecule has 0 unspecified atom stereocenters. The third-order valence-corrected chi connectivity index (χ3v) is 5.88. The van der Waals surface area contributed by atoms with Crippen LogP contribution in [0.4, 0.5) is 11.6 Å². The standard InChI is InChI=1S/C20H17N3O3.C11H18N2O/c1-12-4-5-13(11-24)8-14(12)6-7-16-15-9-18(25-2)19(26-3)10-17(15)23-20(21)22-16;1-12-10-4-6-11(7-5-10)14-9-8-13(2)3/h4-5,8-11H,1-3H3,(H2,21,22,23);4-7,12H,8-9H2,1-3H3. The fraction of sp³-hybridized carbons (Fsp3) is 0.258. The molecule has 0 saturated heterocycles. The Morgan fingerprint density at radius 1 is 0.975 bits per heavy atom. The highest BCUT2D eigenvalue weighted by atomic mass is 16.5. The van der Waals surface area contributed by atoms with E-state index in [-0.39, 0.29) is 5.95 Å². The fourth-order valence-corrected chi connectivity index (χ4v) is 3.61. The Labute approximate surface area is 235 Å². The van der Waals surface area contributed by atoms with Crippen molar-refractivity contribution in [3.8, 4) is 29.1 Å². The number of ether oxygens (including phenoxy) is 3. The van der Waals surface area contributed by atoms with Crippen LogP contribution in [0.25, 0.3) is 10.9 Å². The van der Waals surface area contributed by atoms with Crippen LogP contribution >= 0.6 is 0 Å². The van der Waals surface area contributed by atoms with E-state index >= 15 is 0 Å². The van der Waals surface area contributed by atoms with Gasteiger partial charge in [-0.05, 0) is 68.9 Å². The molecule has 9 heteroatoms. The molecule has 0 aliphatic rings. The summed E-state index contributed by atoms with van der Waals surface area (Å²) in [6, 6.07) is 16.8. The second-order valence-electron chi connectivity index (χ2n) is 9.02. The molecule has 3 N–H and O–H groups in total. The highest BCUT2D eigenvalue weighted by molar-refractivity contribution is 5.88. The Morgan fingerprint density at radius 3 is 2.30 bits per heavy atom. The lowest BCUT2D eigenvalue weighted by molar-refractivity contribution is 0.112. The van der Waals surface area contributed by atoms with Crippen LogP contribution in [-0.4, -0.2) is 69.7 Å². The average Bonchev–Trinajstić information content (AvgIpc) is 2.96. The number of carbonyl (C=O) groups excluding carboxylic acids is 1. The van der Waals surface area contributed by atoms with Crippen molar-refractivity contribution >= 4 is 28.8 Å². The first-order chi connectivity index (χ1) is 19.3. The topological polar surface area (TPSA) is 112 Å². The van der Waals surface area contributed by atoms with Crippen LogP contribution in [-0.2, 0) is 0 Å². The summed E-state index contributed by atoms with van der Waals surface area (Å²) in [5, 5.41) is 3.77. The Kier molecular flexibility index (Phi) is 10.7. The summed E-state index contributed by atoms with van der Waals surface area (Å²) >= 11 is 0. The van der Waals surface area contributed by atoms with Crippen LogP contribution in [0, 0.1) is 18.8 Å². The summed E-state index contributed by atoms with van der Waals surface area (Å²) < 4.78 is 16.2. The van der Waals surface area contributed by atoms with Crippen molar-refractivity contribution in [1.82, 2.24) is 14.9 Å².